The zero-order valence-corrected chi connectivity index (χ0v) is 12.2. The third-order valence-electron chi connectivity index (χ3n) is 2.88. The molecular formula is C15H9BrN2O3. The van der Waals surface area contributed by atoms with Gasteiger partial charge in [-0.25, -0.2) is 14.8 Å². The van der Waals surface area contributed by atoms with Crippen LogP contribution in [0.5, 0.6) is 11.6 Å². The first-order chi connectivity index (χ1) is 10.1. The lowest BCUT2D eigenvalue weighted by Crippen LogP contribution is -1.97. The second-order valence-corrected chi connectivity index (χ2v) is 5.19. The van der Waals surface area contributed by atoms with Crippen molar-refractivity contribution in [3.05, 3.63) is 58.8 Å². The molecule has 1 N–H and O–H groups in total. The van der Waals surface area contributed by atoms with Crippen LogP contribution in [0.2, 0.25) is 0 Å². The SMILES string of the molecule is O=C(O)c1ccc2c(Oc3ccc(Br)cc3)ncnc2c1. The predicted octanol–water partition coefficient (Wildman–Crippen LogP) is 3.88. The Labute approximate surface area is 128 Å². The van der Waals surface area contributed by atoms with Crippen LogP contribution in [0.25, 0.3) is 10.9 Å². The average Bonchev–Trinajstić information content (AvgIpc) is 2.49. The minimum atomic E-state index is -0.995. The molecule has 6 heteroatoms. The molecule has 0 saturated carbocycles. The quantitative estimate of drug-likeness (QED) is 0.780. The topological polar surface area (TPSA) is 72.3 Å². The molecule has 0 aliphatic heterocycles. The maximum Gasteiger partial charge on any atom is 0.335 e. The Morgan fingerprint density at radius 1 is 1.10 bits per heavy atom. The van der Waals surface area contributed by atoms with E-state index in [4.69, 9.17) is 9.84 Å². The van der Waals surface area contributed by atoms with Gasteiger partial charge in [0.05, 0.1) is 16.5 Å². The van der Waals surface area contributed by atoms with Gasteiger partial charge >= 0.3 is 5.97 Å². The van der Waals surface area contributed by atoms with Crippen LogP contribution >= 0.6 is 15.9 Å². The number of carbonyl (C=O) groups is 1. The highest BCUT2D eigenvalue weighted by molar-refractivity contribution is 9.10. The standard InChI is InChI=1S/C15H9BrN2O3/c16-10-2-4-11(5-3-10)21-14-12-6-1-9(15(19)20)7-13(12)17-8-18-14/h1-8H,(H,19,20). The predicted molar refractivity (Wildman–Crippen MR) is 80.7 cm³/mol. The minimum Gasteiger partial charge on any atom is -0.478 e. The van der Waals surface area contributed by atoms with Crippen LogP contribution in [0.4, 0.5) is 0 Å². The number of aromatic nitrogens is 2. The Balaban J connectivity index is 2.02. The highest BCUT2D eigenvalue weighted by atomic mass is 79.9. The molecule has 0 aliphatic carbocycles. The van der Waals surface area contributed by atoms with Gasteiger partial charge in [-0.1, -0.05) is 15.9 Å². The molecule has 0 atom stereocenters. The van der Waals surface area contributed by atoms with Crippen molar-refractivity contribution in [2.75, 3.05) is 0 Å². The maximum atomic E-state index is 11.0. The molecule has 2 aromatic carbocycles. The van der Waals surface area contributed by atoms with Crippen molar-refractivity contribution in [3.8, 4) is 11.6 Å². The molecule has 0 unspecified atom stereocenters. The molecule has 0 saturated heterocycles. The molecule has 5 nitrogen and oxygen atoms in total. The van der Waals surface area contributed by atoms with E-state index >= 15 is 0 Å². The molecule has 21 heavy (non-hydrogen) atoms. The smallest absolute Gasteiger partial charge is 0.335 e. The van der Waals surface area contributed by atoms with E-state index in [0.29, 0.717) is 22.5 Å². The third-order valence-corrected chi connectivity index (χ3v) is 3.40. The van der Waals surface area contributed by atoms with E-state index in [2.05, 4.69) is 25.9 Å². The number of carboxylic acid groups (broad SMARTS) is 1. The van der Waals surface area contributed by atoms with E-state index in [1.54, 1.807) is 6.07 Å². The molecule has 104 valence electrons. The second-order valence-electron chi connectivity index (χ2n) is 4.27. The van der Waals surface area contributed by atoms with E-state index in [-0.39, 0.29) is 5.56 Å². The number of fused-ring (bicyclic) bond motifs is 1. The lowest BCUT2D eigenvalue weighted by Gasteiger charge is -2.07. The largest absolute Gasteiger partial charge is 0.478 e. The van der Waals surface area contributed by atoms with Crippen LogP contribution in [0.3, 0.4) is 0 Å². The van der Waals surface area contributed by atoms with Gasteiger partial charge in [-0.05, 0) is 42.5 Å². The number of nitrogens with zero attached hydrogens (tertiary/aromatic N) is 2. The first kappa shape index (κ1) is 13.5. The number of hydrogen-bond donors (Lipinski definition) is 1. The number of halogens is 1. The number of benzene rings is 2. The van der Waals surface area contributed by atoms with Crippen molar-refractivity contribution < 1.29 is 14.6 Å². The molecule has 0 radical (unpaired) electrons. The fourth-order valence-corrected chi connectivity index (χ4v) is 2.13. The summed E-state index contributed by atoms with van der Waals surface area (Å²) < 4.78 is 6.68. The van der Waals surface area contributed by atoms with Gasteiger partial charge in [0.15, 0.2) is 0 Å². The zero-order valence-electron chi connectivity index (χ0n) is 10.7. The maximum absolute atomic E-state index is 11.0. The Hall–Kier alpha value is -2.47. The number of carboxylic acids is 1. The summed E-state index contributed by atoms with van der Waals surface area (Å²) in [6.45, 7) is 0. The molecule has 0 aliphatic rings. The summed E-state index contributed by atoms with van der Waals surface area (Å²) in [5.74, 6) is 0.0330. The van der Waals surface area contributed by atoms with Gasteiger partial charge in [0.25, 0.3) is 0 Å². The second kappa shape index (κ2) is 5.49. The van der Waals surface area contributed by atoms with Crippen molar-refractivity contribution in [2.45, 2.75) is 0 Å². The van der Waals surface area contributed by atoms with E-state index in [9.17, 15) is 4.79 Å². The van der Waals surface area contributed by atoms with Crippen LogP contribution in [-0.2, 0) is 0 Å². The minimum absolute atomic E-state index is 0.177. The molecule has 3 rings (SSSR count). The van der Waals surface area contributed by atoms with E-state index in [1.807, 2.05) is 24.3 Å². The molecule has 1 aromatic heterocycles. The van der Waals surface area contributed by atoms with Gasteiger partial charge in [0.1, 0.15) is 12.1 Å². The molecule has 3 aromatic rings. The van der Waals surface area contributed by atoms with Gasteiger partial charge in [-0.3, -0.25) is 0 Å². The lowest BCUT2D eigenvalue weighted by atomic mass is 10.1. The Morgan fingerprint density at radius 3 is 2.57 bits per heavy atom. The molecule has 1 heterocycles. The highest BCUT2D eigenvalue weighted by Gasteiger charge is 2.09. The van der Waals surface area contributed by atoms with E-state index in [1.165, 1.54) is 18.5 Å². The molecule has 0 spiro atoms. The van der Waals surface area contributed by atoms with Crippen LogP contribution in [0.1, 0.15) is 10.4 Å². The van der Waals surface area contributed by atoms with E-state index < -0.39 is 5.97 Å². The van der Waals surface area contributed by atoms with Gasteiger partial charge in [-0.2, -0.15) is 0 Å². The highest BCUT2D eigenvalue weighted by Crippen LogP contribution is 2.27. The fourth-order valence-electron chi connectivity index (χ4n) is 1.86. The summed E-state index contributed by atoms with van der Waals surface area (Å²) in [5.41, 5.74) is 0.702. The van der Waals surface area contributed by atoms with E-state index in [0.717, 1.165) is 4.47 Å². The number of hydrogen-bond acceptors (Lipinski definition) is 4. The first-order valence-electron chi connectivity index (χ1n) is 6.05. The monoisotopic (exact) mass is 344 g/mol. The summed E-state index contributed by atoms with van der Waals surface area (Å²) >= 11 is 3.36. The number of aromatic carboxylic acids is 1. The van der Waals surface area contributed by atoms with Crippen molar-refractivity contribution in [3.63, 3.8) is 0 Å². The summed E-state index contributed by atoms with van der Waals surface area (Å²) in [7, 11) is 0. The average molecular weight is 345 g/mol. The molecular weight excluding hydrogens is 336 g/mol. The Bertz CT molecular complexity index is 819. The van der Waals surface area contributed by atoms with Crippen LogP contribution in [0.15, 0.2) is 53.3 Å². The molecule has 0 amide bonds. The summed E-state index contributed by atoms with van der Waals surface area (Å²) in [4.78, 5) is 19.2. The lowest BCUT2D eigenvalue weighted by molar-refractivity contribution is 0.0697. The number of rotatable bonds is 3. The molecule has 0 bridgehead atoms. The van der Waals surface area contributed by atoms with Crippen LogP contribution < -0.4 is 4.74 Å². The Kier molecular flexibility index (Phi) is 3.53. The normalized spacial score (nSPS) is 10.5. The van der Waals surface area contributed by atoms with Crippen molar-refractivity contribution in [2.24, 2.45) is 0 Å². The fraction of sp³-hybridized carbons (Fsp3) is 0. The van der Waals surface area contributed by atoms with Gasteiger partial charge in [-0.15, -0.1) is 0 Å². The van der Waals surface area contributed by atoms with Gasteiger partial charge < -0.3 is 9.84 Å². The van der Waals surface area contributed by atoms with Crippen molar-refractivity contribution >= 4 is 32.8 Å². The molecule has 0 fully saturated rings. The van der Waals surface area contributed by atoms with Crippen LogP contribution in [-0.4, -0.2) is 21.0 Å². The zero-order chi connectivity index (χ0) is 14.8. The van der Waals surface area contributed by atoms with Gasteiger partial charge in [0, 0.05) is 4.47 Å². The third kappa shape index (κ3) is 2.85. The summed E-state index contributed by atoms with van der Waals surface area (Å²) in [5, 5.41) is 9.65. The van der Waals surface area contributed by atoms with Gasteiger partial charge in [0.2, 0.25) is 5.88 Å². The summed E-state index contributed by atoms with van der Waals surface area (Å²) in [6.07, 6.45) is 1.35. The van der Waals surface area contributed by atoms with Crippen molar-refractivity contribution in [1.82, 2.24) is 9.97 Å². The summed E-state index contributed by atoms with van der Waals surface area (Å²) in [6, 6.07) is 12.0. The Morgan fingerprint density at radius 2 is 1.86 bits per heavy atom. The van der Waals surface area contributed by atoms with Crippen LogP contribution in [0, 0.1) is 0 Å². The van der Waals surface area contributed by atoms with Crippen molar-refractivity contribution in [1.29, 1.82) is 0 Å². The first-order valence-corrected chi connectivity index (χ1v) is 6.84. The number of ether oxygens (including phenoxy) is 1.